The predicted octanol–water partition coefficient (Wildman–Crippen LogP) is 3.96. The maximum absolute atomic E-state index is 4.70. The van der Waals surface area contributed by atoms with Crippen LogP contribution in [0.25, 0.3) is 10.9 Å². The minimum absolute atomic E-state index is 0.696. The molecule has 0 radical (unpaired) electrons. The molecule has 0 saturated carbocycles. The van der Waals surface area contributed by atoms with Gasteiger partial charge in [-0.2, -0.15) is 9.78 Å². The summed E-state index contributed by atoms with van der Waals surface area (Å²) < 4.78 is 3.95. The zero-order chi connectivity index (χ0) is 17.9. The van der Waals surface area contributed by atoms with Gasteiger partial charge in [-0.25, -0.2) is 0 Å². The van der Waals surface area contributed by atoms with Crippen molar-refractivity contribution >= 4 is 28.9 Å². The Morgan fingerprint density at radius 3 is 2.62 bits per heavy atom. The monoisotopic (exact) mass is 361 g/mol. The van der Waals surface area contributed by atoms with Gasteiger partial charge in [0.1, 0.15) is 0 Å². The highest BCUT2D eigenvalue weighted by Crippen LogP contribution is 2.20. The van der Waals surface area contributed by atoms with Crippen LogP contribution in [0.1, 0.15) is 17.0 Å². The lowest BCUT2D eigenvalue weighted by atomic mass is 10.1. The first kappa shape index (κ1) is 16.6. The third kappa shape index (κ3) is 3.15. The van der Waals surface area contributed by atoms with Crippen LogP contribution in [0.5, 0.6) is 0 Å². The van der Waals surface area contributed by atoms with E-state index in [9.17, 15) is 0 Å². The minimum atomic E-state index is 0.696. The van der Waals surface area contributed by atoms with Gasteiger partial charge >= 0.3 is 0 Å². The van der Waals surface area contributed by atoms with E-state index in [0.717, 1.165) is 16.5 Å². The molecule has 0 bridgehead atoms. The van der Waals surface area contributed by atoms with Crippen molar-refractivity contribution < 1.29 is 0 Å². The fraction of sp³-hybridized carbons (Fsp3) is 0.150. The Balaban J connectivity index is 1.71. The van der Waals surface area contributed by atoms with Crippen molar-refractivity contribution in [3.63, 3.8) is 0 Å². The van der Waals surface area contributed by atoms with Gasteiger partial charge < -0.3 is 4.57 Å². The summed E-state index contributed by atoms with van der Waals surface area (Å²) >= 11 is 1.54. The lowest BCUT2D eigenvalue weighted by Crippen LogP contribution is -2.01. The Kier molecular flexibility index (Phi) is 4.58. The molecule has 5 nitrogen and oxygen atoms in total. The van der Waals surface area contributed by atoms with E-state index in [-0.39, 0.29) is 0 Å². The molecule has 4 aromatic rings. The lowest BCUT2D eigenvalue weighted by molar-refractivity contribution is 0.730. The molecule has 0 N–H and O–H groups in total. The van der Waals surface area contributed by atoms with E-state index in [4.69, 9.17) is 5.10 Å². The van der Waals surface area contributed by atoms with Gasteiger partial charge in [0.15, 0.2) is 5.82 Å². The summed E-state index contributed by atoms with van der Waals surface area (Å²) in [5.74, 6) is 0.831. The molecule has 130 valence electrons. The number of hydrogen-bond donors (Lipinski definition) is 0. The molecule has 0 aliphatic carbocycles. The average molecular weight is 361 g/mol. The van der Waals surface area contributed by atoms with Crippen LogP contribution >= 0.6 is 11.8 Å². The van der Waals surface area contributed by atoms with Gasteiger partial charge in [-0.05, 0) is 17.9 Å². The highest BCUT2D eigenvalue weighted by atomic mass is 32.2. The van der Waals surface area contributed by atoms with Gasteiger partial charge in [-0.1, -0.05) is 60.3 Å². The largest absolute Gasteiger partial charge is 0.350 e. The molecule has 0 amide bonds. The topological polar surface area (TPSA) is 48.0 Å². The number of thioether (sulfide) groups is 1. The summed E-state index contributed by atoms with van der Waals surface area (Å²) in [6.45, 7) is 0. The Labute approximate surface area is 156 Å². The standard InChI is InChI=1S/C20H19N5S/c1-24-14-16(17-10-6-7-11-18(17)24)13-21-25-19(22-23-20(25)26-2)12-15-8-4-3-5-9-15/h3-11,13-14H,12H2,1-2H3/b21-13-. The molecule has 0 atom stereocenters. The van der Waals surface area contributed by atoms with E-state index < -0.39 is 0 Å². The predicted molar refractivity (Wildman–Crippen MR) is 107 cm³/mol. The van der Waals surface area contributed by atoms with Crippen molar-refractivity contribution in [3.05, 3.63) is 77.7 Å². The number of hydrogen-bond acceptors (Lipinski definition) is 4. The van der Waals surface area contributed by atoms with Crippen LogP contribution in [-0.2, 0) is 13.5 Å². The van der Waals surface area contributed by atoms with Crippen LogP contribution in [0.15, 0.2) is 71.1 Å². The first-order valence-corrected chi connectivity index (χ1v) is 9.59. The molecule has 2 aromatic heterocycles. The first-order valence-electron chi connectivity index (χ1n) is 8.37. The van der Waals surface area contributed by atoms with Gasteiger partial charge in [-0.15, -0.1) is 10.2 Å². The molecule has 0 spiro atoms. The van der Waals surface area contributed by atoms with Crippen LogP contribution in [-0.4, -0.2) is 31.9 Å². The van der Waals surface area contributed by atoms with Crippen LogP contribution in [0.2, 0.25) is 0 Å². The molecule has 0 unspecified atom stereocenters. The molecule has 2 aromatic carbocycles. The normalized spacial score (nSPS) is 11.6. The van der Waals surface area contributed by atoms with Crippen LogP contribution in [0, 0.1) is 0 Å². The van der Waals surface area contributed by atoms with E-state index in [2.05, 4.69) is 45.2 Å². The molecule has 26 heavy (non-hydrogen) atoms. The number of fused-ring (bicyclic) bond motifs is 1. The van der Waals surface area contributed by atoms with E-state index in [1.165, 1.54) is 16.5 Å². The average Bonchev–Trinajstić information content (AvgIpc) is 3.21. The summed E-state index contributed by atoms with van der Waals surface area (Å²) in [5, 5.41) is 15.3. The maximum Gasteiger partial charge on any atom is 0.211 e. The van der Waals surface area contributed by atoms with Gasteiger partial charge in [0, 0.05) is 36.1 Å². The lowest BCUT2D eigenvalue weighted by Gasteiger charge is -2.03. The Hall–Kier alpha value is -2.86. The van der Waals surface area contributed by atoms with Crippen molar-refractivity contribution in [2.75, 3.05) is 6.26 Å². The van der Waals surface area contributed by atoms with Crippen LogP contribution in [0.3, 0.4) is 0 Å². The number of aryl methyl sites for hydroxylation is 1. The smallest absolute Gasteiger partial charge is 0.211 e. The summed E-state index contributed by atoms with van der Waals surface area (Å²) in [7, 11) is 2.05. The third-order valence-corrected chi connectivity index (χ3v) is 4.92. The molecule has 0 aliphatic rings. The van der Waals surface area contributed by atoms with Gasteiger partial charge in [0.25, 0.3) is 0 Å². The fourth-order valence-corrected chi connectivity index (χ4v) is 3.47. The summed E-state index contributed by atoms with van der Waals surface area (Å²) in [6.07, 6.45) is 6.66. The molecular weight excluding hydrogens is 342 g/mol. The highest BCUT2D eigenvalue weighted by molar-refractivity contribution is 7.98. The molecular formula is C20H19N5S. The minimum Gasteiger partial charge on any atom is -0.350 e. The number of benzene rings is 2. The zero-order valence-electron chi connectivity index (χ0n) is 14.7. The second-order valence-electron chi connectivity index (χ2n) is 6.03. The second-order valence-corrected chi connectivity index (χ2v) is 6.81. The molecule has 6 heteroatoms. The number of aromatic nitrogens is 4. The highest BCUT2D eigenvalue weighted by Gasteiger charge is 2.11. The Bertz CT molecular complexity index is 1060. The van der Waals surface area contributed by atoms with Gasteiger partial charge in [0.2, 0.25) is 5.16 Å². The Morgan fingerprint density at radius 1 is 1.04 bits per heavy atom. The van der Waals surface area contributed by atoms with Gasteiger partial charge in [0.05, 0.1) is 6.21 Å². The van der Waals surface area contributed by atoms with Crippen molar-refractivity contribution in [1.29, 1.82) is 0 Å². The van der Waals surface area contributed by atoms with E-state index in [0.29, 0.717) is 6.42 Å². The molecule has 2 heterocycles. The van der Waals surface area contributed by atoms with E-state index >= 15 is 0 Å². The van der Waals surface area contributed by atoms with Crippen molar-refractivity contribution in [1.82, 2.24) is 19.4 Å². The van der Waals surface area contributed by atoms with E-state index in [1.807, 2.05) is 54.5 Å². The van der Waals surface area contributed by atoms with Crippen LogP contribution < -0.4 is 0 Å². The summed E-state index contributed by atoms with van der Waals surface area (Å²) in [6, 6.07) is 18.6. The van der Waals surface area contributed by atoms with Gasteiger partial charge in [-0.3, -0.25) is 0 Å². The summed E-state index contributed by atoms with van der Waals surface area (Å²) in [5.41, 5.74) is 3.45. The second kappa shape index (κ2) is 7.17. The maximum atomic E-state index is 4.70. The first-order chi connectivity index (χ1) is 12.8. The van der Waals surface area contributed by atoms with Crippen molar-refractivity contribution in [3.8, 4) is 0 Å². The number of rotatable bonds is 5. The SMILES string of the molecule is CSc1nnc(Cc2ccccc2)n1/N=C\c1cn(C)c2ccccc12. The van der Waals surface area contributed by atoms with Crippen molar-refractivity contribution in [2.45, 2.75) is 11.6 Å². The molecule has 0 fully saturated rings. The number of nitrogens with zero attached hydrogens (tertiary/aromatic N) is 5. The van der Waals surface area contributed by atoms with Crippen LogP contribution in [0.4, 0.5) is 0 Å². The third-order valence-electron chi connectivity index (χ3n) is 4.30. The molecule has 0 aliphatic heterocycles. The molecule has 4 rings (SSSR count). The fourth-order valence-electron chi connectivity index (χ4n) is 3.02. The molecule has 0 saturated heterocycles. The number of para-hydroxylation sites is 1. The van der Waals surface area contributed by atoms with E-state index in [1.54, 1.807) is 11.8 Å². The van der Waals surface area contributed by atoms with Crippen molar-refractivity contribution in [2.24, 2.45) is 12.1 Å². The Morgan fingerprint density at radius 2 is 1.81 bits per heavy atom. The quantitative estimate of drug-likeness (QED) is 0.399. The zero-order valence-corrected chi connectivity index (χ0v) is 15.5. The summed E-state index contributed by atoms with van der Waals surface area (Å²) in [4.78, 5) is 0.